The number of carbonyl (C=O) groups is 1. The first-order valence-corrected chi connectivity index (χ1v) is 14.6. The Morgan fingerprint density at radius 1 is 1.11 bits per heavy atom. The van der Waals surface area contributed by atoms with Crippen LogP contribution in [0.4, 0.5) is 5.69 Å². The maximum atomic E-state index is 12.6. The third-order valence-corrected chi connectivity index (χ3v) is 7.84. The van der Waals surface area contributed by atoms with Gasteiger partial charge in [-0.2, -0.15) is 5.10 Å². The van der Waals surface area contributed by atoms with Crippen molar-refractivity contribution in [3.63, 3.8) is 0 Å². The second-order valence-electron chi connectivity index (χ2n) is 8.37. The van der Waals surface area contributed by atoms with Gasteiger partial charge < -0.3 is 9.47 Å². The van der Waals surface area contributed by atoms with E-state index < -0.39 is 22.5 Å². The Balaban J connectivity index is 1.71. The normalized spacial score (nSPS) is 11.4. The zero-order valence-electron chi connectivity index (χ0n) is 21.1. The summed E-state index contributed by atoms with van der Waals surface area (Å²) in [4.78, 5) is 12.6. The summed E-state index contributed by atoms with van der Waals surface area (Å²) in [7, 11) is -2.21. The van der Waals surface area contributed by atoms with E-state index in [0.717, 1.165) is 27.3 Å². The highest BCUT2D eigenvalue weighted by Crippen LogP contribution is 2.37. The number of para-hydroxylation sites is 1. The Bertz CT molecular complexity index is 1460. The smallest absolute Gasteiger partial charge is 0.260 e. The summed E-state index contributed by atoms with van der Waals surface area (Å²) in [5, 5.41) is 4.87. The molecule has 202 valence electrons. The molecule has 0 bridgehead atoms. The Kier molecular flexibility index (Phi) is 10.1. The molecule has 0 atom stereocenters. The van der Waals surface area contributed by atoms with E-state index in [0.29, 0.717) is 37.3 Å². The highest BCUT2D eigenvalue weighted by Gasteiger charge is 2.23. The number of hydrazone groups is 1. The number of hydrogen-bond acceptors (Lipinski definition) is 6. The van der Waals surface area contributed by atoms with Crippen molar-refractivity contribution in [3.8, 4) is 11.5 Å². The van der Waals surface area contributed by atoms with Gasteiger partial charge >= 0.3 is 0 Å². The molecule has 38 heavy (non-hydrogen) atoms. The number of benzene rings is 3. The predicted octanol–water partition coefficient (Wildman–Crippen LogP) is 5.88. The number of nitrogens with one attached hydrogen (secondary N) is 1. The number of nitrogens with zero attached hydrogens (tertiary/aromatic N) is 2. The molecule has 1 N–H and O–H groups in total. The molecule has 0 saturated carbocycles. The lowest BCUT2D eigenvalue weighted by Crippen LogP contribution is -2.39. The van der Waals surface area contributed by atoms with Crippen molar-refractivity contribution < 1.29 is 22.7 Å². The zero-order valence-corrected chi connectivity index (χ0v) is 25.0. The molecule has 0 spiro atoms. The van der Waals surface area contributed by atoms with E-state index >= 15 is 0 Å². The number of anilines is 1. The fraction of sp³-hybridized carbons (Fsp3) is 0.231. The summed E-state index contributed by atoms with van der Waals surface area (Å²) in [5.41, 5.74) is 5.76. The van der Waals surface area contributed by atoms with Gasteiger partial charge in [0, 0.05) is 0 Å². The number of sulfonamides is 1. The van der Waals surface area contributed by atoms with Crippen molar-refractivity contribution in [1.29, 1.82) is 0 Å². The number of methoxy groups -OCH3 is 1. The predicted molar refractivity (Wildman–Crippen MR) is 155 cm³/mol. The molecule has 0 unspecified atom stereocenters. The molecule has 0 radical (unpaired) electrons. The monoisotopic (exact) mass is 641 g/mol. The fourth-order valence-corrected chi connectivity index (χ4v) is 5.51. The summed E-state index contributed by atoms with van der Waals surface area (Å²) in [5.74, 6) is 0.310. The molecule has 0 saturated heterocycles. The molecule has 0 aliphatic heterocycles. The first-order chi connectivity index (χ1) is 17.9. The number of halogens is 3. The van der Waals surface area contributed by atoms with Crippen molar-refractivity contribution in [1.82, 2.24) is 5.43 Å². The van der Waals surface area contributed by atoms with Crippen LogP contribution in [0.2, 0.25) is 10.0 Å². The number of amides is 1. The minimum Gasteiger partial charge on any atom is -0.493 e. The number of carbonyl (C=O) groups excluding carboxylic acids is 1. The van der Waals surface area contributed by atoms with Gasteiger partial charge in [-0.25, -0.2) is 13.8 Å². The molecule has 3 rings (SSSR count). The molecular formula is C26H26BrCl2N3O5S. The molecule has 8 nitrogen and oxygen atoms in total. The fourth-order valence-electron chi connectivity index (χ4n) is 3.65. The maximum absolute atomic E-state index is 12.6. The molecular weight excluding hydrogens is 617 g/mol. The van der Waals surface area contributed by atoms with Crippen LogP contribution in [0.1, 0.15) is 22.3 Å². The van der Waals surface area contributed by atoms with Crippen LogP contribution in [0, 0.1) is 13.8 Å². The molecule has 0 aliphatic carbocycles. The van der Waals surface area contributed by atoms with Crippen molar-refractivity contribution in [3.05, 3.63) is 85.3 Å². The molecule has 1 amide bonds. The van der Waals surface area contributed by atoms with Crippen LogP contribution in [-0.4, -0.2) is 40.4 Å². The van der Waals surface area contributed by atoms with Gasteiger partial charge in [-0.1, -0.05) is 47.5 Å². The Labute approximate surface area is 240 Å². The van der Waals surface area contributed by atoms with Gasteiger partial charge in [-0.05, 0) is 76.3 Å². The van der Waals surface area contributed by atoms with Gasteiger partial charge in [0.2, 0.25) is 10.0 Å². The van der Waals surface area contributed by atoms with Gasteiger partial charge in [-0.15, -0.1) is 0 Å². The summed E-state index contributed by atoms with van der Waals surface area (Å²) in [6.07, 6.45) is 2.47. The van der Waals surface area contributed by atoms with Crippen molar-refractivity contribution in [2.24, 2.45) is 5.10 Å². The number of aryl methyl sites for hydroxylation is 2. The highest BCUT2D eigenvalue weighted by molar-refractivity contribution is 9.10. The molecule has 0 aromatic heterocycles. The van der Waals surface area contributed by atoms with Gasteiger partial charge in [-0.3, -0.25) is 9.10 Å². The number of ether oxygens (including phenoxy) is 2. The van der Waals surface area contributed by atoms with E-state index in [1.54, 1.807) is 50.2 Å². The van der Waals surface area contributed by atoms with Crippen LogP contribution >= 0.6 is 39.1 Å². The van der Waals surface area contributed by atoms with Gasteiger partial charge in [0.15, 0.2) is 11.5 Å². The maximum Gasteiger partial charge on any atom is 0.260 e. The Morgan fingerprint density at radius 3 is 2.39 bits per heavy atom. The lowest BCUT2D eigenvalue weighted by Gasteiger charge is -2.25. The topological polar surface area (TPSA) is 97.3 Å². The summed E-state index contributed by atoms with van der Waals surface area (Å²) in [6, 6.07) is 14.1. The number of hydrogen-bond donors (Lipinski definition) is 1. The first kappa shape index (κ1) is 29.8. The third-order valence-electron chi connectivity index (χ3n) is 5.40. The minimum absolute atomic E-state index is 0.229. The van der Waals surface area contributed by atoms with Crippen LogP contribution in [0.15, 0.2) is 58.1 Å². The third kappa shape index (κ3) is 7.63. The lowest BCUT2D eigenvalue weighted by molar-refractivity contribution is -0.119. The quantitative estimate of drug-likeness (QED) is 0.220. The molecule has 3 aromatic carbocycles. The summed E-state index contributed by atoms with van der Waals surface area (Å²) in [6.45, 7) is 3.39. The van der Waals surface area contributed by atoms with E-state index in [4.69, 9.17) is 32.7 Å². The van der Waals surface area contributed by atoms with Crippen LogP contribution < -0.4 is 19.2 Å². The Hall–Kier alpha value is -2.79. The lowest BCUT2D eigenvalue weighted by atomic mass is 10.1. The second-order valence-corrected chi connectivity index (χ2v) is 12.0. The van der Waals surface area contributed by atoms with E-state index in [9.17, 15) is 13.2 Å². The average molecular weight is 643 g/mol. The van der Waals surface area contributed by atoms with Crippen molar-refractivity contribution in [2.45, 2.75) is 20.5 Å². The van der Waals surface area contributed by atoms with Gasteiger partial charge in [0.1, 0.15) is 13.2 Å². The largest absolute Gasteiger partial charge is 0.493 e. The van der Waals surface area contributed by atoms with E-state index in [-0.39, 0.29) is 6.61 Å². The number of rotatable bonds is 10. The Morgan fingerprint density at radius 2 is 1.79 bits per heavy atom. The molecule has 12 heteroatoms. The zero-order chi connectivity index (χ0) is 28.0. The van der Waals surface area contributed by atoms with Crippen LogP contribution in [-0.2, 0) is 21.4 Å². The van der Waals surface area contributed by atoms with Crippen molar-refractivity contribution >= 4 is 67.0 Å². The van der Waals surface area contributed by atoms with Crippen LogP contribution in [0.5, 0.6) is 11.5 Å². The first-order valence-electron chi connectivity index (χ1n) is 11.2. The standard InChI is InChI=1S/C26H26BrCl2N3O5S/c1-16-6-5-7-17(2)25(16)32(38(4,34)35)14-24(33)31-30-13-19-10-20(27)26(23(12-19)36-3)37-15-18-8-9-21(28)22(29)11-18/h5-13H,14-15H2,1-4H3,(H,31,33)/b30-13-. The summed E-state index contributed by atoms with van der Waals surface area (Å²) < 4.78 is 38.0. The second kappa shape index (κ2) is 12.8. The van der Waals surface area contributed by atoms with Crippen LogP contribution in [0.3, 0.4) is 0 Å². The molecule has 0 fully saturated rings. The van der Waals surface area contributed by atoms with E-state index in [2.05, 4.69) is 26.5 Å². The van der Waals surface area contributed by atoms with E-state index in [1.807, 2.05) is 12.1 Å². The highest BCUT2D eigenvalue weighted by atomic mass is 79.9. The minimum atomic E-state index is -3.71. The average Bonchev–Trinajstić information content (AvgIpc) is 2.83. The SMILES string of the molecule is COc1cc(/C=N\NC(=O)CN(c2c(C)cccc2C)S(C)(=O)=O)cc(Br)c1OCc1ccc(Cl)c(Cl)c1. The van der Waals surface area contributed by atoms with Gasteiger partial charge in [0.05, 0.1) is 39.8 Å². The van der Waals surface area contributed by atoms with Gasteiger partial charge in [0.25, 0.3) is 5.91 Å². The van der Waals surface area contributed by atoms with Crippen LogP contribution in [0.25, 0.3) is 0 Å². The van der Waals surface area contributed by atoms with Crippen molar-refractivity contribution in [2.75, 3.05) is 24.2 Å². The molecule has 0 heterocycles. The van der Waals surface area contributed by atoms with E-state index in [1.165, 1.54) is 13.3 Å². The summed E-state index contributed by atoms with van der Waals surface area (Å²) >= 11 is 15.5. The molecule has 0 aliphatic rings. The molecule has 3 aromatic rings.